The lowest BCUT2D eigenvalue weighted by Gasteiger charge is -2.17. The highest BCUT2D eigenvalue weighted by Gasteiger charge is 2.17. The third-order valence-electron chi connectivity index (χ3n) is 4.27. The lowest BCUT2D eigenvalue weighted by atomic mass is 10.1. The summed E-state index contributed by atoms with van der Waals surface area (Å²) in [5, 5.41) is 2.88. The van der Waals surface area contributed by atoms with Crippen molar-refractivity contribution in [3.8, 4) is 17.0 Å². The molecule has 5 nitrogen and oxygen atoms in total. The second kappa shape index (κ2) is 7.55. The number of ether oxygens (including phenoxy) is 1. The van der Waals surface area contributed by atoms with Gasteiger partial charge in [0, 0.05) is 23.7 Å². The highest BCUT2D eigenvalue weighted by molar-refractivity contribution is 7.17. The van der Waals surface area contributed by atoms with Gasteiger partial charge in [-0.15, -0.1) is 11.3 Å². The number of carbonyl (C=O) groups excluding carboxylic acids is 1. The Balaban J connectivity index is 1.59. The second-order valence-electron chi connectivity index (χ2n) is 5.95. The van der Waals surface area contributed by atoms with Gasteiger partial charge < -0.3 is 9.64 Å². The van der Waals surface area contributed by atoms with Gasteiger partial charge in [0.15, 0.2) is 6.61 Å². The maximum absolute atomic E-state index is 12.5. The van der Waals surface area contributed by atoms with Gasteiger partial charge in [0.05, 0.1) is 5.39 Å². The largest absolute Gasteiger partial charge is 0.467 e. The van der Waals surface area contributed by atoms with E-state index in [9.17, 15) is 4.79 Å². The molecule has 134 valence electrons. The first kappa shape index (κ1) is 17.2. The minimum Gasteiger partial charge on any atom is -0.467 e. The Hall–Kier alpha value is -3.25. The SMILES string of the molecule is CN(C(=O)COc1ncnc2scc(-c3ccccc3)c12)c1ccccc1. The van der Waals surface area contributed by atoms with Crippen LogP contribution >= 0.6 is 11.3 Å². The van der Waals surface area contributed by atoms with Crippen LogP contribution in [0.5, 0.6) is 5.88 Å². The average Bonchev–Trinajstić information content (AvgIpc) is 3.17. The topological polar surface area (TPSA) is 55.3 Å². The Kier molecular flexibility index (Phi) is 4.80. The van der Waals surface area contributed by atoms with E-state index in [-0.39, 0.29) is 12.5 Å². The molecular formula is C21H17N3O2S. The molecule has 2 heterocycles. The summed E-state index contributed by atoms with van der Waals surface area (Å²) in [5.41, 5.74) is 2.89. The number of nitrogens with zero attached hydrogens (tertiary/aromatic N) is 3. The smallest absolute Gasteiger partial charge is 0.264 e. The van der Waals surface area contributed by atoms with Crippen LogP contribution in [0, 0.1) is 0 Å². The second-order valence-corrected chi connectivity index (χ2v) is 6.81. The van der Waals surface area contributed by atoms with E-state index in [1.54, 1.807) is 11.9 Å². The molecule has 0 aliphatic carbocycles. The Morgan fingerprint density at radius 2 is 1.74 bits per heavy atom. The molecule has 0 saturated heterocycles. The molecule has 4 rings (SSSR count). The number of hydrogen-bond acceptors (Lipinski definition) is 5. The molecule has 0 N–H and O–H groups in total. The molecule has 0 radical (unpaired) electrons. The number of rotatable bonds is 5. The summed E-state index contributed by atoms with van der Waals surface area (Å²) in [6.45, 7) is -0.0957. The van der Waals surface area contributed by atoms with Crippen molar-refractivity contribution in [2.75, 3.05) is 18.6 Å². The third-order valence-corrected chi connectivity index (χ3v) is 5.16. The molecule has 27 heavy (non-hydrogen) atoms. The van der Waals surface area contributed by atoms with E-state index in [0.29, 0.717) is 5.88 Å². The molecule has 2 aromatic heterocycles. The Bertz CT molecular complexity index is 1060. The maximum atomic E-state index is 12.5. The third kappa shape index (κ3) is 3.52. The van der Waals surface area contributed by atoms with Gasteiger partial charge in [0.1, 0.15) is 11.2 Å². The number of anilines is 1. The zero-order valence-electron chi connectivity index (χ0n) is 14.7. The first-order valence-corrected chi connectivity index (χ1v) is 9.34. The maximum Gasteiger partial charge on any atom is 0.264 e. The summed E-state index contributed by atoms with van der Waals surface area (Å²) in [4.78, 5) is 23.5. The predicted molar refractivity (Wildman–Crippen MR) is 108 cm³/mol. The molecule has 0 unspecified atom stereocenters. The number of para-hydroxylation sites is 1. The van der Waals surface area contributed by atoms with Crippen LogP contribution in [-0.2, 0) is 4.79 Å². The van der Waals surface area contributed by atoms with Crippen molar-refractivity contribution in [1.82, 2.24) is 9.97 Å². The number of fused-ring (bicyclic) bond motifs is 1. The summed E-state index contributed by atoms with van der Waals surface area (Å²) in [7, 11) is 1.73. The Morgan fingerprint density at radius 1 is 1.04 bits per heavy atom. The van der Waals surface area contributed by atoms with Crippen molar-refractivity contribution in [3.05, 3.63) is 72.4 Å². The molecule has 0 aliphatic rings. The fourth-order valence-electron chi connectivity index (χ4n) is 2.81. The average molecular weight is 375 g/mol. The Labute approximate surface area is 160 Å². The van der Waals surface area contributed by atoms with E-state index in [0.717, 1.165) is 27.0 Å². The van der Waals surface area contributed by atoms with E-state index in [2.05, 4.69) is 9.97 Å². The standard InChI is InChI=1S/C21H17N3O2S/c1-24(16-10-6-3-7-11-16)18(25)12-26-20-19-17(15-8-4-2-5-9-15)13-27-21(19)23-14-22-20/h2-11,13-14H,12H2,1H3. The van der Waals surface area contributed by atoms with Gasteiger partial charge in [-0.05, 0) is 17.7 Å². The number of hydrogen-bond donors (Lipinski definition) is 0. The molecule has 0 fully saturated rings. The molecule has 0 saturated carbocycles. The molecular weight excluding hydrogens is 358 g/mol. The monoisotopic (exact) mass is 375 g/mol. The molecule has 1 amide bonds. The van der Waals surface area contributed by atoms with Crippen LogP contribution in [0.25, 0.3) is 21.3 Å². The van der Waals surface area contributed by atoms with E-state index in [1.165, 1.54) is 17.7 Å². The van der Waals surface area contributed by atoms with Crippen molar-refractivity contribution >= 4 is 33.1 Å². The highest BCUT2D eigenvalue weighted by Crippen LogP contribution is 2.37. The van der Waals surface area contributed by atoms with E-state index in [4.69, 9.17) is 4.74 Å². The van der Waals surface area contributed by atoms with E-state index < -0.39 is 0 Å². The number of amides is 1. The predicted octanol–water partition coefficient (Wildman–Crippen LogP) is 4.40. The van der Waals surface area contributed by atoms with Crippen LogP contribution in [-0.4, -0.2) is 29.5 Å². The Morgan fingerprint density at radius 3 is 2.48 bits per heavy atom. The molecule has 0 aliphatic heterocycles. The summed E-state index contributed by atoms with van der Waals surface area (Å²) in [5.74, 6) is 0.277. The van der Waals surface area contributed by atoms with Crippen molar-refractivity contribution in [1.29, 1.82) is 0 Å². The number of likely N-dealkylation sites (N-methyl/N-ethyl adjacent to an activating group) is 1. The lowest BCUT2D eigenvalue weighted by Crippen LogP contribution is -2.31. The molecule has 0 bridgehead atoms. The van der Waals surface area contributed by atoms with Crippen LogP contribution < -0.4 is 9.64 Å². The van der Waals surface area contributed by atoms with Gasteiger partial charge in [0.2, 0.25) is 5.88 Å². The summed E-state index contributed by atoms with van der Waals surface area (Å²) in [6, 6.07) is 19.5. The van der Waals surface area contributed by atoms with Crippen molar-refractivity contribution < 1.29 is 9.53 Å². The van der Waals surface area contributed by atoms with E-state index >= 15 is 0 Å². The van der Waals surface area contributed by atoms with Gasteiger partial charge in [0.25, 0.3) is 5.91 Å². The molecule has 0 atom stereocenters. The number of carbonyl (C=O) groups is 1. The highest BCUT2D eigenvalue weighted by atomic mass is 32.1. The van der Waals surface area contributed by atoms with Crippen LogP contribution in [0.15, 0.2) is 72.4 Å². The normalized spacial score (nSPS) is 10.7. The van der Waals surface area contributed by atoms with Crippen LogP contribution in [0.2, 0.25) is 0 Å². The van der Waals surface area contributed by atoms with Crippen LogP contribution in [0.3, 0.4) is 0 Å². The first-order chi connectivity index (χ1) is 13.2. The van der Waals surface area contributed by atoms with E-state index in [1.807, 2.05) is 66.0 Å². The lowest BCUT2D eigenvalue weighted by molar-refractivity contribution is -0.120. The molecule has 2 aromatic carbocycles. The fourth-order valence-corrected chi connectivity index (χ4v) is 3.72. The minimum absolute atomic E-state index is 0.0957. The first-order valence-electron chi connectivity index (χ1n) is 8.46. The van der Waals surface area contributed by atoms with Gasteiger partial charge in [-0.25, -0.2) is 9.97 Å². The number of benzene rings is 2. The number of aromatic nitrogens is 2. The molecule has 4 aromatic rings. The van der Waals surface area contributed by atoms with Crippen molar-refractivity contribution in [2.45, 2.75) is 0 Å². The van der Waals surface area contributed by atoms with Crippen LogP contribution in [0.1, 0.15) is 0 Å². The minimum atomic E-state index is -0.149. The van der Waals surface area contributed by atoms with Gasteiger partial charge in [-0.2, -0.15) is 0 Å². The number of thiophene rings is 1. The zero-order valence-corrected chi connectivity index (χ0v) is 15.5. The van der Waals surface area contributed by atoms with Crippen LogP contribution in [0.4, 0.5) is 5.69 Å². The van der Waals surface area contributed by atoms with Crippen molar-refractivity contribution in [2.24, 2.45) is 0 Å². The van der Waals surface area contributed by atoms with Gasteiger partial charge in [-0.1, -0.05) is 48.5 Å². The summed E-state index contributed by atoms with van der Waals surface area (Å²) >= 11 is 1.53. The quantitative estimate of drug-likeness (QED) is 0.519. The molecule has 0 spiro atoms. The molecule has 6 heteroatoms. The summed E-state index contributed by atoms with van der Waals surface area (Å²) < 4.78 is 5.81. The van der Waals surface area contributed by atoms with Crippen molar-refractivity contribution in [3.63, 3.8) is 0 Å². The van der Waals surface area contributed by atoms with Gasteiger partial charge >= 0.3 is 0 Å². The van der Waals surface area contributed by atoms with Gasteiger partial charge in [-0.3, -0.25) is 4.79 Å². The summed E-state index contributed by atoms with van der Waals surface area (Å²) in [6.07, 6.45) is 1.47. The zero-order chi connectivity index (χ0) is 18.6. The fraction of sp³-hybridized carbons (Fsp3) is 0.0952.